The lowest BCUT2D eigenvalue weighted by Gasteiger charge is -2.18. The molecule has 39 heavy (non-hydrogen) atoms. The molecule has 0 fully saturated rings. The molecular formula is C29H27N3O7. The van der Waals surface area contributed by atoms with Crippen LogP contribution in [0.25, 0.3) is 11.3 Å². The zero-order valence-corrected chi connectivity index (χ0v) is 21.3. The van der Waals surface area contributed by atoms with Gasteiger partial charge in [-0.05, 0) is 78.4 Å². The molecule has 0 aliphatic heterocycles. The predicted molar refractivity (Wildman–Crippen MR) is 142 cm³/mol. The summed E-state index contributed by atoms with van der Waals surface area (Å²) in [5.74, 6) is -0.00470. The average molecular weight is 530 g/mol. The second kappa shape index (κ2) is 12.3. The number of phenols is 1. The topological polar surface area (TPSA) is 139 Å². The van der Waals surface area contributed by atoms with Crippen LogP contribution >= 0.6 is 0 Å². The first-order valence-corrected chi connectivity index (χ1v) is 11.9. The number of benzene rings is 3. The number of ether oxygens (including phenoxy) is 2. The van der Waals surface area contributed by atoms with E-state index in [4.69, 9.17) is 13.9 Å². The van der Waals surface area contributed by atoms with Crippen LogP contribution in [0.4, 0.5) is 0 Å². The van der Waals surface area contributed by atoms with Crippen LogP contribution in [0.5, 0.6) is 17.2 Å². The largest absolute Gasteiger partial charge is 0.508 e. The highest BCUT2D eigenvalue weighted by atomic mass is 16.5. The number of hydrogen-bond donors (Lipinski definition) is 4. The SMILES string of the molecule is COc1ccc(C(=O)NNC(=O)[C@H](Cc2ccc(O)cc2)NC(=O)c2ccc(-c3ccc(OC)cc3)o2)cc1. The monoisotopic (exact) mass is 529 g/mol. The Hall–Kier alpha value is -5.25. The fourth-order valence-electron chi connectivity index (χ4n) is 3.70. The first-order valence-electron chi connectivity index (χ1n) is 11.9. The molecule has 4 N–H and O–H groups in total. The molecule has 1 heterocycles. The minimum Gasteiger partial charge on any atom is -0.508 e. The summed E-state index contributed by atoms with van der Waals surface area (Å²) in [5.41, 5.74) is 6.44. The van der Waals surface area contributed by atoms with Crippen LogP contribution in [0.1, 0.15) is 26.5 Å². The fraction of sp³-hybridized carbons (Fsp3) is 0.138. The number of methoxy groups -OCH3 is 2. The van der Waals surface area contributed by atoms with Gasteiger partial charge < -0.3 is 24.3 Å². The third kappa shape index (κ3) is 6.95. The maximum atomic E-state index is 13.1. The van der Waals surface area contributed by atoms with E-state index in [1.807, 2.05) is 0 Å². The molecule has 0 saturated carbocycles. The van der Waals surface area contributed by atoms with E-state index in [1.54, 1.807) is 73.8 Å². The van der Waals surface area contributed by atoms with Crippen LogP contribution < -0.4 is 25.6 Å². The van der Waals surface area contributed by atoms with Gasteiger partial charge in [-0.1, -0.05) is 12.1 Å². The number of nitrogens with one attached hydrogen (secondary N) is 3. The van der Waals surface area contributed by atoms with Gasteiger partial charge in [0.2, 0.25) is 0 Å². The highest BCUT2D eigenvalue weighted by Crippen LogP contribution is 2.24. The molecule has 1 atom stereocenters. The number of aromatic hydroxyl groups is 1. The van der Waals surface area contributed by atoms with Crippen molar-refractivity contribution >= 4 is 17.7 Å². The summed E-state index contributed by atoms with van der Waals surface area (Å²) in [6, 6.07) is 21.8. The van der Waals surface area contributed by atoms with Crippen LogP contribution in [0.3, 0.4) is 0 Å². The lowest BCUT2D eigenvalue weighted by atomic mass is 10.0. The van der Waals surface area contributed by atoms with Crippen molar-refractivity contribution in [1.29, 1.82) is 0 Å². The van der Waals surface area contributed by atoms with E-state index >= 15 is 0 Å². The molecule has 10 heteroatoms. The molecule has 0 aliphatic carbocycles. The van der Waals surface area contributed by atoms with Gasteiger partial charge in [-0.2, -0.15) is 0 Å². The smallest absolute Gasteiger partial charge is 0.287 e. The molecule has 0 unspecified atom stereocenters. The quantitative estimate of drug-likeness (QED) is 0.244. The van der Waals surface area contributed by atoms with Crippen LogP contribution in [0.15, 0.2) is 89.3 Å². The molecule has 0 saturated heterocycles. The van der Waals surface area contributed by atoms with Crippen molar-refractivity contribution in [3.05, 3.63) is 102 Å². The van der Waals surface area contributed by atoms with Gasteiger partial charge >= 0.3 is 0 Å². The molecule has 0 aliphatic rings. The van der Waals surface area contributed by atoms with Crippen molar-refractivity contribution in [1.82, 2.24) is 16.2 Å². The molecule has 0 bridgehead atoms. The first-order chi connectivity index (χ1) is 18.9. The third-order valence-electron chi connectivity index (χ3n) is 5.85. The Morgan fingerprint density at radius 3 is 2.00 bits per heavy atom. The Labute approximate surface area is 224 Å². The van der Waals surface area contributed by atoms with Gasteiger partial charge in [0.1, 0.15) is 29.1 Å². The Morgan fingerprint density at radius 2 is 1.38 bits per heavy atom. The predicted octanol–water partition coefficient (Wildman–Crippen LogP) is 3.47. The van der Waals surface area contributed by atoms with Crippen molar-refractivity contribution in [3.8, 4) is 28.6 Å². The lowest BCUT2D eigenvalue weighted by Crippen LogP contribution is -2.53. The second-order valence-electron chi connectivity index (χ2n) is 8.46. The summed E-state index contributed by atoms with van der Waals surface area (Å²) in [6.45, 7) is 0. The normalized spacial score (nSPS) is 11.2. The van der Waals surface area contributed by atoms with Crippen LogP contribution in [-0.4, -0.2) is 43.1 Å². The van der Waals surface area contributed by atoms with Crippen molar-refractivity contribution < 1.29 is 33.4 Å². The molecule has 10 nitrogen and oxygen atoms in total. The number of hydrogen-bond acceptors (Lipinski definition) is 7. The fourth-order valence-corrected chi connectivity index (χ4v) is 3.70. The second-order valence-corrected chi connectivity index (χ2v) is 8.46. The number of furan rings is 1. The Bertz CT molecular complexity index is 1430. The molecule has 3 aromatic carbocycles. The van der Waals surface area contributed by atoms with Crippen molar-refractivity contribution in [2.24, 2.45) is 0 Å². The molecule has 4 aromatic rings. The van der Waals surface area contributed by atoms with E-state index in [2.05, 4.69) is 16.2 Å². The minimum atomic E-state index is -1.08. The third-order valence-corrected chi connectivity index (χ3v) is 5.85. The van der Waals surface area contributed by atoms with E-state index in [9.17, 15) is 19.5 Å². The van der Waals surface area contributed by atoms with Crippen LogP contribution in [0, 0.1) is 0 Å². The van der Waals surface area contributed by atoms with Gasteiger partial charge in [-0.25, -0.2) is 0 Å². The number of phenolic OH excluding ortho intramolecular Hbond substituents is 1. The maximum absolute atomic E-state index is 13.1. The van der Waals surface area contributed by atoms with Crippen LogP contribution in [0.2, 0.25) is 0 Å². The molecular weight excluding hydrogens is 502 g/mol. The summed E-state index contributed by atoms with van der Waals surface area (Å²) in [4.78, 5) is 38.6. The molecule has 0 radical (unpaired) electrons. The van der Waals surface area contributed by atoms with E-state index in [0.717, 1.165) is 5.56 Å². The summed E-state index contributed by atoms with van der Waals surface area (Å²) in [5, 5.41) is 12.2. The summed E-state index contributed by atoms with van der Waals surface area (Å²) >= 11 is 0. The molecule has 1 aromatic heterocycles. The molecule has 200 valence electrons. The highest BCUT2D eigenvalue weighted by molar-refractivity contribution is 5.98. The zero-order valence-electron chi connectivity index (χ0n) is 21.3. The number of carbonyl (C=O) groups excluding carboxylic acids is 3. The summed E-state index contributed by atoms with van der Waals surface area (Å²) in [7, 11) is 3.08. The van der Waals surface area contributed by atoms with Gasteiger partial charge in [0.15, 0.2) is 5.76 Å². The molecule has 4 rings (SSSR count). The number of amides is 3. The van der Waals surface area contributed by atoms with Gasteiger partial charge in [0.05, 0.1) is 14.2 Å². The summed E-state index contributed by atoms with van der Waals surface area (Å²) < 4.78 is 16.0. The van der Waals surface area contributed by atoms with Gasteiger partial charge in [-0.15, -0.1) is 0 Å². The van der Waals surface area contributed by atoms with Crippen LogP contribution in [-0.2, 0) is 11.2 Å². The maximum Gasteiger partial charge on any atom is 0.287 e. The van der Waals surface area contributed by atoms with E-state index < -0.39 is 23.8 Å². The highest BCUT2D eigenvalue weighted by Gasteiger charge is 2.24. The Kier molecular flexibility index (Phi) is 8.47. The molecule has 0 spiro atoms. The van der Waals surface area contributed by atoms with Gasteiger partial charge in [0, 0.05) is 17.5 Å². The first kappa shape index (κ1) is 26.8. The number of rotatable bonds is 9. The molecule has 3 amide bonds. The van der Waals surface area contributed by atoms with Crippen molar-refractivity contribution in [3.63, 3.8) is 0 Å². The Balaban J connectivity index is 1.46. The lowest BCUT2D eigenvalue weighted by molar-refractivity contribution is -0.123. The number of hydrazine groups is 1. The number of carbonyl (C=O) groups is 3. The Morgan fingerprint density at radius 1 is 0.769 bits per heavy atom. The van der Waals surface area contributed by atoms with Crippen molar-refractivity contribution in [2.75, 3.05) is 14.2 Å². The van der Waals surface area contributed by atoms with Gasteiger partial charge in [-0.3, -0.25) is 25.2 Å². The van der Waals surface area contributed by atoms with E-state index in [-0.39, 0.29) is 17.9 Å². The average Bonchev–Trinajstić information content (AvgIpc) is 3.47. The zero-order chi connectivity index (χ0) is 27.8. The summed E-state index contributed by atoms with van der Waals surface area (Å²) in [6.07, 6.45) is 0.0856. The standard InChI is InChI=1S/C29H27N3O7/c1-37-22-11-5-19(6-12-22)25-15-16-26(39-25)29(36)30-24(17-18-3-9-21(33)10-4-18)28(35)32-31-27(34)20-7-13-23(38-2)14-8-20/h3-16,24,33H,17H2,1-2H3,(H,30,36)(H,31,34)(H,32,35)/t24-/m0/s1. The van der Waals surface area contributed by atoms with E-state index in [0.29, 0.717) is 28.4 Å². The minimum absolute atomic E-state index is 0.00610. The van der Waals surface area contributed by atoms with Crippen molar-refractivity contribution in [2.45, 2.75) is 12.5 Å². The van der Waals surface area contributed by atoms with Gasteiger partial charge in [0.25, 0.3) is 17.7 Å². The van der Waals surface area contributed by atoms with E-state index in [1.165, 1.54) is 25.3 Å².